The second-order valence-corrected chi connectivity index (χ2v) is 2.50. The zero-order chi connectivity index (χ0) is 7.40. The zero-order valence-corrected chi connectivity index (χ0v) is 6.56. The number of nitrogens with one attached hydrogen (secondary N) is 1. The number of morpholine rings is 1. The molecule has 0 aromatic heterocycles. The maximum absolute atomic E-state index is 10.9. The standard InChI is InChI=1S/C6H11NO2S/c8-5(4-10)6-3-7-1-2-9-6/h6-7,10H,1-4H2. The van der Waals surface area contributed by atoms with E-state index in [1.807, 2.05) is 0 Å². The summed E-state index contributed by atoms with van der Waals surface area (Å²) in [6, 6.07) is 0. The quantitative estimate of drug-likeness (QED) is 0.535. The summed E-state index contributed by atoms with van der Waals surface area (Å²) < 4.78 is 5.17. The van der Waals surface area contributed by atoms with Crippen molar-refractivity contribution in [1.29, 1.82) is 0 Å². The van der Waals surface area contributed by atoms with Crippen LogP contribution in [0.25, 0.3) is 0 Å². The molecule has 58 valence electrons. The van der Waals surface area contributed by atoms with Gasteiger partial charge in [0.2, 0.25) is 0 Å². The SMILES string of the molecule is O=C(CS)C1CNCCO1. The highest BCUT2D eigenvalue weighted by molar-refractivity contribution is 7.81. The fourth-order valence-electron chi connectivity index (χ4n) is 0.874. The van der Waals surface area contributed by atoms with Crippen molar-refractivity contribution in [3.05, 3.63) is 0 Å². The molecule has 0 aromatic carbocycles. The molecule has 3 nitrogen and oxygen atoms in total. The maximum Gasteiger partial charge on any atom is 0.172 e. The number of rotatable bonds is 2. The van der Waals surface area contributed by atoms with E-state index < -0.39 is 0 Å². The van der Waals surface area contributed by atoms with Crippen LogP contribution in [0, 0.1) is 0 Å². The minimum Gasteiger partial charge on any atom is -0.368 e. The molecule has 10 heavy (non-hydrogen) atoms. The van der Waals surface area contributed by atoms with E-state index >= 15 is 0 Å². The Kier molecular flexibility index (Phi) is 3.18. The summed E-state index contributed by atoms with van der Waals surface area (Å²) in [4.78, 5) is 10.9. The Balaban J connectivity index is 2.31. The van der Waals surface area contributed by atoms with Gasteiger partial charge in [-0.05, 0) is 0 Å². The molecule has 1 fully saturated rings. The lowest BCUT2D eigenvalue weighted by Gasteiger charge is -2.21. The van der Waals surface area contributed by atoms with Gasteiger partial charge in [0.05, 0.1) is 12.4 Å². The fourth-order valence-corrected chi connectivity index (χ4v) is 1.08. The average molecular weight is 161 g/mol. The predicted molar refractivity (Wildman–Crippen MR) is 41.5 cm³/mol. The van der Waals surface area contributed by atoms with Crippen LogP contribution in [0.5, 0.6) is 0 Å². The van der Waals surface area contributed by atoms with Crippen LogP contribution in [0.4, 0.5) is 0 Å². The number of hydrogen-bond donors (Lipinski definition) is 2. The van der Waals surface area contributed by atoms with Gasteiger partial charge < -0.3 is 10.1 Å². The van der Waals surface area contributed by atoms with E-state index in [2.05, 4.69) is 17.9 Å². The van der Waals surface area contributed by atoms with Gasteiger partial charge in [-0.2, -0.15) is 12.6 Å². The third-order valence-electron chi connectivity index (χ3n) is 1.44. The first-order valence-corrected chi connectivity index (χ1v) is 3.93. The molecule has 1 rings (SSSR count). The van der Waals surface area contributed by atoms with Gasteiger partial charge in [0.1, 0.15) is 6.10 Å². The largest absolute Gasteiger partial charge is 0.368 e. The van der Waals surface area contributed by atoms with Crippen LogP contribution in [0.2, 0.25) is 0 Å². The highest BCUT2D eigenvalue weighted by Gasteiger charge is 2.19. The first-order valence-electron chi connectivity index (χ1n) is 3.30. The molecule has 0 saturated carbocycles. The number of ketones is 1. The molecule has 1 atom stereocenters. The summed E-state index contributed by atoms with van der Waals surface area (Å²) in [5.74, 6) is 0.335. The summed E-state index contributed by atoms with van der Waals surface area (Å²) in [7, 11) is 0. The van der Waals surface area contributed by atoms with E-state index in [0.717, 1.165) is 6.54 Å². The molecule has 1 N–H and O–H groups in total. The molecule has 1 heterocycles. The van der Waals surface area contributed by atoms with E-state index in [1.165, 1.54) is 0 Å². The number of carbonyl (C=O) groups excluding carboxylic acids is 1. The van der Waals surface area contributed by atoms with Crippen molar-refractivity contribution in [3.8, 4) is 0 Å². The average Bonchev–Trinajstić information content (AvgIpc) is 2.05. The van der Waals surface area contributed by atoms with Crippen LogP contribution in [0.15, 0.2) is 0 Å². The van der Waals surface area contributed by atoms with Crippen LogP contribution < -0.4 is 5.32 Å². The second-order valence-electron chi connectivity index (χ2n) is 2.19. The number of ether oxygens (including phenoxy) is 1. The topological polar surface area (TPSA) is 38.3 Å². The highest BCUT2D eigenvalue weighted by atomic mass is 32.1. The Morgan fingerprint density at radius 2 is 2.60 bits per heavy atom. The number of carbonyl (C=O) groups is 1. The van der Waals surface area contributed by atoms with Gasteiger partial charge in [0.25, 0.3) is 0 Å². The maximum atomic E-state index is 10.9. The van der Waals surface area contributed by atoms with Crippen molar-refractivity contribution in [2.24, 2.45) is 0 Å². The van der Waals surface area contributed by atoms with E-state index in [4.69, 9.17) is 4.74 Å². The molecule has 0 aliphatic carbocycles. The van der Waals surface area contributed by atoms with Crippen LogP contribution in [0.3, 0.4) is 0 Å². The Hall–Kier alpha value is -0.0600. The van der Waals surface area contributed by atoms with Gasteiger partial charge in [-0.15, -0.1) is 0 Å². The number of hydrogen-bond acceptors (Lipinski definition) is 4. The smallest absolute Gasteiger partial charge is 0.172 e. The monoisotopic (exact) mass is 161 g/mol. The van der Waals surface area contributed by atoms with Gasteiger partial charge >= 0.3 is 0 Å². The van der Waals surface area contributed by atoms with Crippen molar-refractivity contribution in [1.82, 2.24) is 5.32 Å². The van der Waals surface area contributed by atoms with Crippen LogP contribution >= 0.6 is 12.6 Å². The minimum atomic E-state index is -0.258. The van der Waals surface area contributed by atoms with Gasteiger partial charge in [0.15, 0.2) is 5.78 Å². The van der Waals surface area contributed by atoms with E-state index in [-0.39, 0.29) is 17.6 Å². The molecule has 0 bridgehead atoms. The summed E-state index contributed by atoms with van der Waals surface area (Å²) in [5.41, 5.74) is 0. The van der Waals surface area contributed by atoms with Crippen LogP contribution in [-0.4, -0.2) is 37.3 Å². The first kappa shape index (κ1) is 8.04. The lowest BCUT2D eigenvalue weighted by Crippen LogP contribution is -2.43. The Bertz CT molecular complexity index is 123. The fraction of sp³-hybridized carbons (Fsp3) is 0.833. The summed E-state index contributed by atoms with van der Waals surface area (Å²) >= 11 is 3.87. The summed E-state index contributed by atoms with van der Waals surface area (Å²) in [6.07, 6.45) is -0.258. The molecular weight excluding hydrogens is 150 g/mol. The first-order chi connectivity index (χ1) is 4.84. The van der Waals surface area contributed by atoms with E-state index in [0.29, 0.717) is 13.2 Å². The number of Topliss-reactive ketones (excluding diaryl/α,β-unsaturated/α-hetero) is 1. The van der Waals surface area contributed by atoms with Crippen LogP contribution in [-0.2, 0) is 9.53 Å². The van der Waals surface area contributed by atoms with Gasteiger partial charge in [-0.25, -0.2) is 0 Å². The minimum absolute atomic E-state index is 0.0653. The zero-order valence-electron chi connectivity index (χ0n) is 5.67. The van der Waals surface area contributed by atoms with E-state index in [1.54, 1.807) is 0 Å². The molecule has 0 amide bonds. The molecule has 1 unspecified atom stereocenters. The predicted octanol–water partition coefficient (Wildman–Crippen LogP) is -0.526. The van der Waals surface area contributed by atoms with Crippen LogP contribution in [0.1, 0.15) is 0 Å². The van der Waals surface area contributed by atoms with Crippen molar-refractivity contribution < 1.29 is 9.53 Å². The lowest BCUT2D eigenvalue weighted by atomic mass is 10.2. The molecule has 1 aliphatic heterocycles. The molecule has 1 saturated heterocycles. The highest BCUT2D eigenvalue weighted by Crippen LogP contribution is 1.98. The molecule has 1 aliphatic rings. The molecule has 0 aromatic rings. The number of thiol groups is 1. The Morgan fingerprint density at radius 3 is 3.10 bits per heavy atom. The summed E-state index contributed by atoms with van der Waals surface area (Å²) in [6.45, 7) is 2.11. The molecular formula is C6H11NO2S. The van der Waals surface area contributed by atoms with E-state index in [9.17, 15) is 4.79 Å². The van der Waals surface area contributed by atoms with Gasteiger partial charge in [-0.1, -0.05) is 0 Å². The Morgan fingerprint density at radius 1 is 1.80 bits per heavy atom. The van der Waals surface area contributed by atoms with Crippen molar-refractivity contribution in [2.75, 3.05) is 25.4 Å². The van der Waals surface area contributed by atoms with Crippen molar-refractivity contribution >= 4 is 18.4 Å². The third kappa shape index (κ3) is 1.97. The second kappa shape index (κ2) is 3.95. The van der Waals surface area contributed by atoms with Gasteiger partial charge in [0, 0.05) is 13.1 Å². The normalized spacial score (nSPS) is 26.3. The summed E-state index contributed by atoms with van der Waals surface area (Å²) in [5, 5.41) is 3.07. The van der Waals surface area contributed by atoms with Gasteiger partial charge in [-0.3, -0.25) is 4.79 Å². The lowest BCUT2D eigenvalue weighted by molar-refractivity contribution is -0.129. The molecule has 0 spiro atoms. The Labute approximate surface area is 65.5 Å². The van der Waals surface area contributed by atoms with Crippen molar-refractivity contribution in [3.63, 3.8) is 0 Å². The third-order valence-corrected chi connectivity index (χ3v) is 1.75. The molecule has 4 heteroatoms. The van der Waals surface area contributed by atoms with Crippen molar-refractivity contribution in [2.45, 2.75) is 6.10 Å². The molecule has 0 radical (unpaired) electrons.